The lowest BCUT2D eigenvalue weighted by Gasteiger charge is -2.49. The third kappa shape index (κ3) is 6.49. The van der Waals surface area contributed by atoms with Crippen molar-refractivity contribution in [1.29, 1.82) is 0 Å². The number of fused-ring (bicyclic) bond motifs is 1. The molecule has 4 heterocycles. The van der Waals surface area contributed by atoms with Gasteiger partial charge in [-0.05, 0) is 32.4 Å². The molecule has 0 saturated carbocycles. The first-order chi connectivity index (χ1) is 19.7. The number of nitrogens with two attached hydrogens (primary N) is 1. The van der Waals surface area contributed by atoms with Crippen molar-refractivity contribution in [1.82, 2.24) is 20.2 Å². The van der Waals surface area contributed by atoms with E-state index in [1.54, 1.807) is 36.9 Å². The summed E-state index contributed by atoms with van der Waals surface area (Å²) in [4.78, 5) is 66.8. The van der Waals surface area contributed by atoms with Crippen LogP contribution in [0.3, 0.4) is 0 Å². The zero-order valence-corrected chi connectivity index (χ0v) is 24.9. The Morgan fingerprint density at radius 2 is 2.05 bits per heavy atom. The normalized spacial score (nSPS) is 19.1. The number of amides is 2. The Morgan fingerprint density at radius 1 is 1.27 bits per heavy atom. The van der Waals surface area contributed by atoms with Crippen LogP contribution in [0.25, 0.3) is 6.08 Å². The maximum absolute atomic E-state index is 13.3. The van der Waals surface area contributed by atoms with Gasteiger partial charge in [-0.25, -0.2) is 19.6 Å². The van der Waals surface area contributed by atoms with E-state index in [1.165, 1.54) is 35.1 Å². The van der Waals surface area contributed by atoms with Crippen molar-refractivity contribution in [3.63, 3.8) is 0 Å². The molecule has 0 bridgehead atoms. The second kappa shape index (κ2) is 13.1. The summed E-state index contributed by atoms with van der Waals surface area (Å²) in [5, 5.41) is 7.58. The fraction of sp³-hybridized carbons (Fsp3) is 0.320. The number of thiazole rings is 2. The van der Waals surface area contributed by atoms with Crippen molar-refractivity contribution in [2.45, 2.75) is 32.2 Å². The van der Waals surface area contributed by atoms with Crippen LogP contribution >= 0.6 is 34.4 Å². The van der Waals surface area contributed by atoms with Crippen molar-refractivity contribution >= 4 is 75.1 Å². The van der Waals surface area contributed by atoms with Crippen LogP contribution in [0, 0.1) is 6.92 Å². The van der Waals surface area contributed by atoms with Crippen molar-refractivity contribution in [3.8, 4) is 0 Å². The Morgan fingerprint density at radius 3 is 2.68 bits per heavy atom. The van der Waals surface area contributed by atoms with E-state index in [9.17, 15) is 19.2 Å². The van der Waals surface area contributed by atoms with Crippen molar-refractivity contribution in [3.05, 3.63) is 56.2 Å². The topological polar surface area (TPSA) is 175 Å². The van der Waals surface area contributed by atoms with Crippen LogP contribution in [-0.2, 0) is 33.5 Å². The lowest BCUT2D eigenvalue weighted by atomic mass is 10.0. The Bertz CT molecular complexity index is 1490. The zero-order chi connectivity index (χ0) is 29.7. The maximum Gasteiger partial charge on any atom is 0.358 e. The number of oxime groups is 1. The van der Waals surface area contributed by atoms with Crippen LogP contribution in [0.2, 0.25) is 0 Å². The van der Waals surface area contributed by atoms with E-state index in [-0.39, 0.29) is 22.2 Å². The summed E-state index contributed by atoms with van der Waals surface area (Å²) < 4.78 is 10.2. The van der Waals surface area contributed by atoms with Crippen LogP contribution < -0.4 is 11.1 Å². The van der Waals surface area contributed by atoms with E-state index in [0.29, 0.717) is 16.9 Å². The number of hydrogen-bond donors (Lipinski definition) is 2. The second-order valence-corrected chi connectivity index (χ2v) is 11.4. The van der Waals surface area contributed by atoms with Gasteiger partial charge >= 0.3 is 11.9 Å². The average molecular weight is 619 g/mol. The highest BCUT2D eigenvalue weighted by atomic mass is 32.2. The number of ether oxygens (including phenoxy) is 2. The zero-order valence-electron chi connectivity index (χ0n) is 22.4. The Labute approximate surface area is 247 Å². The minimum absolute atomic E-state index is 0.000436. The standard InChI is InChI=1S/C25H26N6O7S3/c1-5-12(2)23(34)37-11-38-24(35)19-14(6-7-16-13(3)27-10-41-16)8-39-22-18(21(33)31(19)22)29-20(32)17(30-36-4)15-9-40-25(26)28-15/h5-7,9-10,18,22H,8,11H2,1-4H3,(H2,26,28)(H,29,32)/b7-6-,12-5-,30-17+. The number of anilines is 1. The number of nitrogens with one attached hydrogen (secondary N) is 1. The number of aryl methyl sites for hydroxylation is 1. The molecule has 16 heteroatoms. The highest BCUT2D eigenvalue weighted by molar-refractivity contribution is 8.00. The Kier molecular flexibility index (Phi) is 9.57. The number of nitrogen functional groups attached to an aromatic ring is 1. The minimum atomic E-state index is -0.960. The molecule has 0 aromatic carbocycles. The quantitative estimate of drug-likeness (QED) is 0.0997. The number of thioether (sulfide) groups is 1. The van der Waals surface area contributed by atoms with E-state index >= 15 is 0 Å². The van der Waals surface area contributed by atoms with E-state index in [0.717, 1.165) is 21.9 Å². The van der Waals surface area contributed by atoms with Crippen LogP contribution in [0.1, 0.15) is 30.1 Å². The predicted octanol–water partition coefficient (Wildman–Crippen LogP) is 2.22. The summed E-state index contributed by atoms with van der Waals surface area (Å²) in [6, 6.07) is -0.960. The van der Waals surface area contributed by atoms with Gasteiger partial charge in [0.25, 0.3) is 11.8 Å². The Hall–Kier alpha value is -4.02. The van der Waals surface area contributed by atoms with Crippen LogP contribution in [-0.4, -0.2) is 75.4 Å². The molecule has 0 radical (unpaired) electrons. The molecule has 2 unspecified atom stereocenters. The van der Waals surface area contributed by atoms with Crippen molar-refractivity contribution < 1.29 is 33.5 Å². The van der Waals surface area contributed by atoms with Gasteiger partial charge in [-0.2, -0.15) is 0 Å². The number of allylic oxidation sites excluding steroid dienone is 2. The summed E-state index contributed by atoms with van der Waals surface area (Å²) in [5.74, 6) is -2.37. The molecule has 0 spiro atoms. The molecule has 2 aromatic heterocycles. The fourth-order valence-corrected chi connectivity index (χ4v) is 6.31. The summed E-state index contributed by atoms with van der Waals surface area (Å²) in [6.45, 7) is 4.47. The number of carbonyl (C=O) groups excluding carboxylic acids is 4. The van der Waals surface area contributed by atoms with Gasteiger partial charge in [0.1, 0.15) is 29.9 Å². The van der Waals surface area contributed by atoms with Crippen molar-refractivity contribution in [2.75, 3.05) is 25.4 Å². The molecule has 4 rings (SSSR count). The SMILES string of the molecule is C/C=C(/C)C(=O)OCOC(=O)C1=C(/C=C\c2scnc2C)CSC2C(NC(=O)/C(=N/OC)c3csc(N)n3)C(=O)N12. The third-order valence-corrected chi connectivity index (χ3v) is 8.87. The number of esters is 2. The number of aromatic nitrogens is 2. The fourth-order valence-electron chi connectivity index (χ4n) is 3.75. The van der Waals surface area contributed by atoms with Gasteiger partial charge in [-0.1, -0.05) is 17.3 Å². The summed E-state index contributed by atoms with van der Waals surface area (Å²) in [7, 11) is 1.28. The average Bonchev–Trinajstić information content (AvgIpc) is 3.59. The number of carbonyl (C=O) groups is 4. The molecule has 1 saturated heterocycles. The van der Waals surface area contributed by atoms with E-state index in [2.05, 4.69) is 20.4 Å². The molecule has 41 heavy (non-hydrogen) atoms. The summed E-state index contributed by atoms with van der Waals surface area (Å²) in [5.41, 5.74) is 9.14. The van der Waals surface area contributed by atoms with Crippen LogP contribution in [0.4, 0.5) is 5.13 Å². The molecule has 216 valence electrons. The van der Waals surface area contributed by atoms with Gasteiger partial charge in [-0.15, -0.1) is 34.4 Å². The predicted molar refractivity (Wildman–Crippen MR) is 154 cm³/mol. The second-order valence-electron chi connectivity index (χ2n) is 8.52. The Balaban J connectivity index is 1.55. The minimum Gasteiger partial charge on any atom is -0.424 e. The molecule has 0 aliphatic carbocycles. The van der Waals surface area contributed by atoms with Gasteiger partial charge in [-0.3, -0.25) is 14.5 Å². The smallest absolute Gasteiger partial charge is 0.358 e. The first-order valence-corrected chi connectivity index (χ1v) is 14.8. The van der Waals surface area contributed by atoms with Gasteiger partial charge in [0.05, 0.1) is 11.2 Å². The van der Waals surface area contributed by atoms with E-state index < -0.39 is 42.0 Å². The lowest BCUT2D eigenvalue weighted by Crippen LogP contribution is -2.71. The summed E-state index contributed by atoms with van der Waals surface area (Å²) in [6.07, 6.45) is 5.10. The molecular weight excluding hydrogens is 593 g/mol. The third-order valence-electron chi connectivity index (χ3n) is 5.99. The number of nitrogens with zero attached hydrogens (tertiary/aromatic N) is 4. The highest BCUT2D eigenvalue weighted by Crippen LogP contribution is 2.41. The van der Waals surface area contributed by atoms with Gasteiger partial charge in [0.2, 0.25) is 6.79 Å². The molecular formula is C25H26N6O7S3. The van der Waals surface area contributed by atoms with Crippen molar-refractivity contribution in [2.24, 2.45) is 5.16 Å². The molecule has 2 aliphatic rings. The van der Waals surface area contributed by atoms with E-state index in [4.69, 9.17) is 20.0 Å². The molecule has 2 aromatic rings. The van der Waals surface area contributed by atoms with Crippen LogP contribution in [0.15, 0.2) is 45.0 Å². The molecule has 2 atom stereocenters. The molecule has 2 amide bonds. The first-order valence-electron chi connectivity index (χ1n) is 12.0. The van der Waals surface area contributed by atoms with E-state index in [1.807, 2.05) is 13.0 Å². The van der Waals surface area contributed by atoms with Gasteiger partial charge in [0, 0.05) is 21.6 Å². The largest absolute Gasteiger partial charge is 0.424 e. The molecule has 1 fully saturated rings. The maximum atomic E-state index is 13.3. The number of β-lactam (4-membered cyclic amide) rings is 1. The molecule has 2 aliphatic heterocycles. The monoisotopic (exact) mass is 618 g/mol. The van der Waals surface area contributed by atoms with Crippen LogP contribution in [0.5, 0.6) is 0 Å². The number of rotatable bonds is 10. The lowest BCUT2D eigenvalue weighted by molar-refractivity contribution is -0.165. The molecule has 3 N–H and O–H groups in total. The first kappa shape index (κ1) is 30.0. The summed E-state index contributed by atoms with van der Waals surface area (Å²) >= 11 is 3.91. The highest BCUT2D eigenvalue weighted by Gasteiger charge is 2.54. The van der Waals surface area contributed by atoms with Gasteiger partial charge in [0.15, 0.2) is 10.8 Å². The van der Waals surface area contributed by atoms with Gasteiger partial charge < -0.3 is 25.4 Å². The number of hydrogen-bond acceptors (Lipinski definition) is 14. The molecule has 13 nitrogen and oxygen atoms in total.